The summed E-state index contributed by atoms with van der Waals surface area (Å²) in [7, 11) is 0. The van der Waals surface area contributed by atoms with Gasteiger partial charge in [0.1, 0.15) is 5.03 Å². The lowest BCUT2D eigenvalue weighted by Crippen LogP contribution is -2.37. The van der Waals surface area contributed by atoms with E-state index in [9.17, 15) is 13.2 Å². The minimum atomic E-state index is -4.81. The van der Waals surface area contributed by atoms with Gasteiger partial charge >= 0.3 is 6.18 Å². The Kier molecular flexibility index (Phi) is 3.93. The van der Waals surface area contributed by atoms with Crippen LogP contribution in [0.25, 0.3) is 0 Å². The van der Waals surface area contributed by atoms with Gasteiger partial charge in [0.15, 0.2) is 5.49 Å². The largest absolute Gasteiger partial charge is 0.449 e. The van der Waals surface area contributed by atoms with Crippen molar-refractivity contribution >= 4 is 17.6 Å². The van der Waals surface area contributed by atoms with Crippen LogP contribution in [0, 0.1) is 10.8 Å². The molecule has 0 saturated carbocycles. The monoisotopic (exact) mass is 298 g/mol. The summed E-state index contributed by atoms with van der Waals surface area (Å²) in [6.45, 7) is 0. The number of nitrogens with zero attached hydrogens (tertiary/aromatic N) is 2. The summed E-state index contributed by atoms with van der Waals surface area (Å²) in [5.41, 5.74) is -0.469. The Morgan fingerprint density at radius 2 is 1.85 bits per heavy atom. The number of nitrogens with one attached hydrogen (secondary N) is 2. The highest BCUT2D eigenvalue weighted by Crippen LogP contribution is 2.23. The number of benzene rings is 1. The third-order valence-corrected chi connectivity index (χ3v) is 3.32. The summed E-state index contributed by atoms with van der Waals surface area (Å²) in [5, 5.41) is 14.9. The normalized spacial score (nSPS) is 11.3. The molecule has 0 fully saturated rings. The molecule has 2 aromatic rings. The maximum Gasteiger partial charge on any atom is 0.449 e. The molecule has 0 atom stereocenters. The lowest BCUT2D eigenvalue weighted by atomic mass is 10.4. The number of hydrogen-bond donors (Lipinski definition) is 2. The first-order valence-corrected chi connectivity index (χ1v) is 6.22. The van der Waals surface area contributed by atoms with Gasteiger partial charge in [0.25, 0.3) is 0 Å². The Labute approximate surface area is 116 Å². The van der Waals surface area contributed by atoms with E-state index in [1.165, 1.54) is 0 Å². The second kappa shape index (κ2) is 5.49. The summed E-state index contributed by atoms with van der Waals surface area (Å²) >= 11 is 1.07. The fourth-order valence-corrected chi connectivity index (χ4v) is 2.23. The lowest BCUT2D eigenvalue weighted by molar-refractivity contribution is -0.0626. The Morgan fingerprint density at radius 1 is 1.20 bits per heavy atom. The van der Waals surface area contributed by atoms with Crippen molar-refractivity contribution in [3.63, 3.8) is 0 Å². The Morgan fingerprint density at radius 3 is 2.45 bits per heavy atom. The van der Waals surface area contributed by atoms with Gasteiger partial charge in [-0.15, -0.1) is 0 Å². The van der Waals surface area contributed by atoms with Crippen molar-refractivity contribution < 1.29 is 13.2 Å². The van der Waals surface area contributed by atoms with Crippen LogP contribution < -0.4 is 5.49 Å². The maximum atomic E-state index is 12.5. The van der Waals surface area contributed by atoms with Crippen molar-refractivity contribution in [1.29, 1.82) is 10.8 Å². The zero-order valence-corrected chi connectivity index (χ0v) is 10.8. The fourth-order valence-electron chi connectivity index (χ4n) is 1.40. The van der Waals surface area contributed by atoms with E-state index in [4.69, 9.17) is 10.8 Å². The predicted molar refractivity (Wildman–Crippen MR) is 67.8 cm³/mol. The van der Waals surface area contributed by atoms with E-state index in [1.807, 2.05) is 6.07 Å². The number of aromatic nitrogens is 2. The van der Waals surface area contributed by atoms with Crippen LogP contribution in [0.5, 0.6) is 0 Å². The van der Waals surface area contributed by atoms with Gasteiger partial charge in [-0.1, -0.05) is 30.0 Å². The molecule has 2 rings (SSSR count). The molecule has 0 aliphatic heterocycles. The van der Waals surface area contributed by atoms with Gasteiger partial charge < -0.3 is 0 Å². The molecule has 1 aromatic carbocycles. The molecule has 0 radical (unpaired) electrons. The number of hydrogen-bond acceptors (Lipinski definition) is 4. The Hall–Kier alpha value is -2.09. The lowest BCUT2D eigenvalue weighted by Gasteiger charge is -2.12. The fraction of sp³-hybridized carbons (Fsp3) is 0.0833. The molecule has 0 aliphatic carbocycles. The molecule has 2 N–H and O–H groups in total. The van der Waals surface area contributed by atoms with E-state index in [1.54, 1.807) is 24.3 Å². The van der Waals surface area contributed by atoms with Gasteiger partial charge in [-0.05, 0) is 12.1 Å². The van der Waals surface area contributed by atoms with E-state index in [0.29, 0.717) is 4.57 Å². The zero-order chi connectivity index (χ0) is 14.8. The van der Waals surface area contributed by atoms with Gasteiger partial charge in [-0.3, -0.25) is 15.4 Å². The minimum absolute atomic E-state index is 0.104. The van der Waals surface area contributed by atoms with Gasteiger partial charge in [0, 0.05) is 17.3 Å². The summed E-state index contributed by atoms with van der Waals surface area (Å²) in [4.78, 5) is 4.64. The topological polar surface area (TPSA) is 65.5 Å². The quantitative estimate of drug-likeness (QED) is 0.661. The van der Waals surface area contributed by atoms with Crippen LogP contribution in [0.4, 0.5) is 13.2 Å². The van der Waals surface area contributed by atoms with E-state index < -0.39 is 17.5 Å². The molecule has 0 aliphatic rings. The van der Waals surface area contributed by atoms with Gasteiger partial charge in [-0.25, -0.2) is 4.98 Å². The highest BCUT2D eigenvalue weighted by molar-refractivity contribution is 7.99. The van der Waals surface area contributed by atoms with Crippen LogP contribution in [0.3, 0.4) is 0 Å². The highest BCUT2D eigenvalue weighted by atomic mass is 32.2. The first-order valence-electron chi connectivity index (χ1n) is 5.41. The molecule has 0 spiro atoms. The Balaban J connectivity index is 2.38. The van der Waals surface area contributed by atoms with Crippen molar-refractivity contribution in [2.75, 3.05) is 0 Å². The average molecular weight is 298 g/mol. The molecule has 4 nitrogen and oxygen atoms in total. The summed E-state index contributed by atoms with van der Waals surface area (Å²) in [5.74, 6) is -1.61. The van der Waals surface area contributed by atoms with Gasteiger partial charge in [-0.2, -0.15) is 13.2 Å². The smallest absolute Gasteiger partial charge is 0.282 e. The number of halogens is 3. The van der Waals surface area contributed by atoms with Crippen molar-refractivity contribution in [1.82, 2.24) is 9.55 Å². The van der Waals surface area contributed by atoms with Crippen LogP contribution >= 0.6 is 11.8 Å². The molecule has 1 aromatic heterocycles. The molecule has 0 bridgehead atoms. The summed E-state index contributed by atoms with van der Waals surface area (Å²) < 4.78 is 38.0. The molecule has 104 valence electrons. The minimum Gasteiger partial charge on any atom is -0.282 e. The molecule has 0 amide bonds. The van der Waals surface area contributed by atoms with E-state index >= 15 is 0 Å². The van der Waals surface area contributed by atoms with Crippen LogP contribution in [-0.4, -0.2) is 21.6 Å². The van der Waals surface area contributed by atoms with Crippen molar-refractivity contribution in [3.05, 3.63) is 48.2 Å². The van der Waals surface area contributed by atoms with Crippen molar-refractivity contribution in [2.45, 2.75) is 16.1 Å². The standard InChI is InChI=1S/C12H9F3N4S/c13-12(14,15)11(17)19-7-6-18-10(9(19)16)20-8-4-2-1-3-5-8/h1-7,16-17H. The van der Waals surface area contributed by atoms with Crippen LogP contribution in [-0.2, 0) is 0 Å². The summed E-state index contributed by atoms with van der Waals surface area (Å²) in [6.07, 6.45) is -2.71. The van der Waals surface area contributed by atoms with E-state index in [2.05, 4.69) is 4.98 Å². The van der Waals surface area contributed by atoms with Crippen molar-refractivity contribution in [2.24, 2.45) is 0 Å². The second-order valence-electron chi connectivity index (χ2n) is 3.71. The number of rotatable bonds is 2. The van der Waals surface area contributed by atoms with E-state index in [-0.39, 0.29) is 5.03 Å². The molecular weight excluding hydrogens is 289 g/mol. The van der Waals surface area contributed by atoms with Crippen LogP contribution in [0.15, 0.2) is 52.6 Å². The molecule has 0 unspecified atom stereocenters. The SMILES string of the molecule is N=C(n1ccnc(Sc2ccccc2)c1=N)C(F)(F)F. The first kappa shape index (κ1) is 14.3. The van der Waals surface area contributed by atoms with Crippen molar-refractivity contribution in [3.8, 4) is 0 Å². The molecule has 8 heteroatoms. The first-order chi connectivity index (χ1) is 9.39. The third-order valence-electron chi connectivity index (χ3n) is 2.32. The van der Waals surface area contributed by atoms with Gasteiger partial charge in [0.05, 0.1) is 0 Å². The van der Waals surface area contributed by atoms with Gasteiger partial charge in [0.2, 0.25) is 5.84 Å². The molecule has 1 heterocycles. The Bertz CT molecular complexity index is 679. The highest BCUT2D eigenvalue weighted by Gasteiger charge is 2.36. The molecule has 20 heavy (non-hydrogen) atoms. The summed E-state index contributed by atoms with van der Waals surface area (Å²) in [6, 6.07) is 8.89. The third kappa shape index (κ3) is 3.08. The van der Waals surface area contributed by atoms with Crippen LogP contribution in [0.1, 0.15) is 0 Å². The maximum absolute atomic E-state index is 12.5. The number of alkyl halides is 3. The average Bonchev–Trinajstić information content (AvgIpc) is 2.40. The second-order valence-corrected chi connectivity index (χ2v) is 4.77. The molecule has 0 saturated heterocycles. The predicted octanol–water partition coefficient (Wildman–Crippen LogP) is 2.90. The van der Waals surface area contributed by atoms with E-state index in [0.717, 1.165) is 29.1 Å². The van der Waals surface area contributed by atoms with Crippen LogP contribution in [0.2, 0.25) is 0 Å². The molecular formula is C12H9F3N4S. The zero-order valence-electron chi connectivity index (χ0n) is 9.98.